The summed E-state index contributed by atoms with van der Waals surface area (Å²) in [6, 6.07) is 0. The summed E-state index contributed by atoms with van der Waals surface area (Å²) in [4.78, 5) is 10.3. The summed E-state index contributed by atoms with van der Waals surface area (Å²) in [6.45, 7) is 1.12. The second kappa shape index (κ2) is 4.48. The van der Waals surface area contributed by atoms with Crippen LogP contribution in [0.3, 0.4) is 0 Å². The number of carbonyl (C=O) groups is 1. The van der Waals surface area contributed by atoms with Gasteiger partial charge in [0.15, 0.2) is 0 Å². The molecule has 1 radical (unpaired) electrons. The molecule has 1 rings (SSSR count). The first kappa shape index (κ1) is 8.60. The summed E-state index contributed by atoms with van der Waals surface area (Å²) >= 11 is 0. The van der Waals surface area contributed by atoms with Crippen LogP contribution in [0.1, 0.15) is 6.42 Å². The Morgan fingerprint density at radius 3 is 2.62 bits per heavy atom. The van der Waals surface area contributed by atoms with Crippen molar-refractivity contribution >= 4 is 5.78 Å². The van der Waals surface area contributed by atoms with Crippen molar-refractivity contribution in [3.8, 4) is 0 Å². The summed E-state index contributed by atoms with van der Waals surface area (Å²) in [7, 11) is 0. The van der Waals surface area contributed by atoms with Crippen LogP contribution in [-0.4, -0.2) is 19.0 Å². The van der Waals surface area contributed by atoms with Crippen molar-refractivity contribution in [1.29, 1.82) is 0 Å². The van der Waals surface area contributed by atoms with Crippen LogP contribution in [0.25, 0.3) is 0 Å². The monoisotopic (exact) mass is 188 g/mol. The zero-order valence-corrected chi connectivity index (χ0v) is 7.43. The van der Waals surface area contributed by atoms with Gasteiger partial charge in [-0.1, -0.05) is 6.61 Å². The van der Waals surface area contributed by atoms with Crippen LogP contribution in [0.5, 0.6) is 0 Å². The van der Waals surface area contributed by atoms with Gasteiger partial charge in [-0.3, -0.25) is 0 Å². The molecule has 2 nitrogen and oxygen atoms in total. The number of rotatable bonds is 0. The van der Waals surface area contributed by atoms with E-state index in [0.29, 0.717) is 19.6 Å². The third-order valence-corrected chi connectivity index (χ3v) is 0.922. The SMILES string of the molecule is O=C1[CH-]COCC1.[Y]. The molecule has 0 aliphatic carbocycles. The fraction of sp³-hybridized carbons (Fsp3) is 0.600. The number of ketones is 1. The van der Waals surface area contributed by atoms with Crippen LogP contribution in [0, 0.1) is 6.42 Å². The number of hydrogen-bond acceptors (Lipinski definition) is 2. The molecule has 0 aromatic carbocycles. The number of Topliss-reactive ketones (excluding diaryl/α,β-unsaturated/α-hetero) is 1. The first-order valence-electron chi connectivity index (χ1n) is 2.33. The van der Waals surface area contributed by atoms with Gasteiger partial charge in [-0.15, -0.1) is 0 Å². The minimum Gasteiger partial charge on any atom is -0.410 e. The van der Waals surface area contributed by atoms with Gasteiger partial charge in [-0.25, -0.2) is 0 Å². The van der Waals surface area contributed by atoms with Crippen molar-refractivity contribution in [2.75, 3.05) is 13.2 Å². The molecule has 1 heterocycles. The predicted molar refractivity (Wildman–Crippen MR) is 24.7 cm³/mol. The molecule has 0 atom stereocenters. The molecular formula is C5H7O2Y-. The summed E-state index contributed by atoms with van der Waals surface area (Å²) in [5.74, 6) is 0.214. The van der Waals surface area contributed by atoms with Gasteiger partial charge in [-0.05, 0) is 0 Å². The smallest absolute Gasteiger partial charge is 0.0476 e. The predicted octanol–water partition coefficient (Wildman–Crippen LogP) is 0.178. The Labute approximate surface area is 73.9 Å². The molecule has 1 fully saturated rings. The quantitative estimate of drug-likeness (QED) is 0.507. The maximum absolute atomic E-state index is 10.3. The molecule has 0 unspecified atom stereocenters. The van der Waals surface area contributed by atoms with E-state index in [-0.39, 0.29) is 38.5 Å². The largest absolute Gasteiger partial charge is 0.410 e. The van der Waals surface area contributed by atoms with E-state index >= 15 is 0 Å². The zero-order chi connectivity index (χ0) is 5.11. The van der Waals surface area contributed by atoms with E-state index in [1.165, 1.54) is 0 Å². The second-order valence-electron chi connectivity index (χ2n) is 1.50. The van der Waals surface area contributed by atoms with Crippen molar-refractivity contribution in [3.63, 3.8) is 0 Å². The average Bonchev–Trinajstić information content (AvgIpc) is 1.69. The molecule has 1 saturated heterocycles. The van der Waals surface area contributed by atoms with Gasteiger partial charge >= 0.3 is 0 Å². The van der Waals surface area contributed by atoms with Crippen LogP contribution in [0.15, 0.2) is 0 Å². The molecule has 3 heteroatoms. The van der Waals surface area contributed by atoms with E-state index in [9.17, 15) is 4.79 Å². The molecule has 0 spiro atoms. The molecule has 43 valence electrons. The summed E-state index contributed by atoms with van der Waals surface area (Å²) < 4.78 is 4.86. The molecule has 0 aromatic heterocycles. The topological polar surface area (TPSA) is 26.3 Å². The molecule has 1 aliphatic heterocycles. The number of hydrogen-bond donors (Lipinski definition) is 0. The molecular weight excluding hydrogens is 181 g/mol. The average molecular weight is 188 g/mol. The van der Waals surface area contributed by atoms with Gasteiger partial charge in [0, 0.05) is 51.5 Å². The Bertz CT molecular complexity index is 74.5. The van der Waals surface area contributed by atoms with Crippen LogP contribution in [-0.2, 0) is 42.2 Å². The fourth-order valence-electron chi connectivity index (χ4n) is 0.510. The van der Waals surface area contributed by atoms with Crippen molar-refractivity contribution in [2.45, 2.75) is 6.42 Å². The van der Waals surface area contributed by atoms with Crippen molar-refractivity contribution < 1.29 is 42.2 Å². The van der Waals surface area contributed by atoms with E-state index in [2.05, 4.69) is 0 Å². The van der Waals surface area contributed by atoms with Crippen LogP contribution >= 0.6 is 0 Å². The number of ether oxygens (including phenoxy) is 1. The molecule has 8 heavy (non-hydrogen) atoms. The minimum absolute atomic E-state index is 0. The first-order valence-corrected chi connectivity index (χ1v) is 2.33. The van der Waals surface area contributed by atoms with E-state index in [1.54, 1.807) is 6.42 Å². The fourth-order valence-corrected chi connectivity index (χ4v) is 0.510. The Balaban J connectivity index is 0.000000490. The Kier molecular flexibility index (Phi) is 4.82. The maximum Gasteiger partial charge on any atom is 0.0476 e. The van der Waals surface area contributed by atoms with Crippen molar-refractivity contribution in [1.82, 2.24) is 0 Å². The van der Waals surface area contributed by atoms with Gasteiger partial charge in [0.2, 0.25) is 0 Å². The van der Waals surface area contributed by atoms with E-state index in [4.69, 9.17) is 4.74 Å². The number of carbonyl (C=O) groups excluding carboxylic acids is 1. The standard InChI is InChI=1S/C5H7O2.Y/c6-5-1-3-7-4-2-5;/h1H,2-4H2;/q-1;. The summed E-state index contributed by atoms with van der Waals surface area (Å²) in [6.07, 6.45) is 2.14. The third-order valence-electron chi connectivity index (χ3n) is 0.922. The van der Waals surface area contributed by atoms with Gasteiger partial charge in [0.1, 0.15) is 0 Å². The Hall–Kier alpha value is 0.604. The molecule has 0 saturated carbocycles. The van der Waals surface area contributed by atoms with Gasteiger partial charge < -0.3 is 16.0 Å². The summed E-state index contributed by atoms with van der Waals surface area (Å²) in [5.41, 5.74) is 0. The minimum atomic E-state index is 0. The Morgan fingerprint density at radius 1 is 1.62 bits per heavy atom. The normalized spacial score (nSPS) is 18.8. The van der Waals surface area contributed by atoms with Crippen molar-refractivity contribution in [3.05, 3.63) is 6.42 Å². The third kappa shape index (κ3) is 2.80. The molecule has 0 amide bonds. The first-order chi connectivity index (χ1) is 3.39. The molecule has 0 aromatic rings. The van der Waals surface area contributed by atoms with Gasteiger partial charge in [-0.2, -0.15) is 0 Å². The zero-order valence-electron chi connectivity index (χ0n) is 4.59. The van der Waals surface area contributed by atoms with Crippen LogP contribution in [0.4, 0.5) is 0 Å². The van der Waals surface area contributed by atoms with Crippen LogP contribution in [0.2, 0.25) is 0 Å². The van der Waals surface area contributed by atoms with E-state index in [0.717, 1.165) is 0 Å². The summed E-state index contributed by atoms with van der Waals surface area (Å²) in [5, 5.41) is 0. The van der Waals surface area contributed by atoms with E-state index in [1.807, 2.05) is 0 Å². The molecule has 0 bridgehead atoms. The second-order valence-corrected chi connectivity index (χ2v) is 1.50. The van der Waals surface area contributed by atoms with E-state index < -0.39 is 0 Å². The van der Waals surface area contributed by atoms with Gasteiger partial charge in [0.05, 0.1) is 0 Å². The van der Waals surface area contributed by atoms with Crippen LogP contribution < -0.4 is 0 Å². The van der Waals surface area contributed by atoms with Gasteiger partial charge in [0.25, 0.3) is 0 Å². The van der Waals surface area contributed by atoms with Crippen molar-refractivity contribution in [2.24, 2.45) is 0 Å². The molecule has 0 N–H and O–H groups in total. The Morgan fingerprint density at radius 2 is 2.38 bits per heavy atom. The molecule has 1 aliphatic rings. The maximum atomic E-state index is 10.3.